The minimum Gasteiger partial charge on any atom is -0.478 e. The average molecular weight is 265 g/mol. The van der Waals surface area contributed by atoms with Crippen molar-refractivity contribution in [3.05, 3.63) is 60.4 Å². The quantitative estimate of drug-likeness (QED) is 0.763. The third-order valence-electron chi connectivity index (χ3n) is 2.92. The van der Waals surface area contributed by atoms with Gasteiger partial charge in [-0.3, -0.25) is 4.98 Å². The van der Waals surface area contributed by atoms with Gasteiger partial charge < -0.3 is 10.1 Å². The van der Waals surface area contributed by atoms with E-state index in [9.17, 15) is 4.79 Å². The maximum Gasteiger partial charge on any atom is 0.338 e. The normalized spacial score (nSPS) is 10.4. The molecule has 98 valence electrons. The predicted molar refractivity (Wildman–Crippen MR) is 74.2 cm³/mol. The number of hydrogen-bond acceptors (Lipinski definition) is 3. The monoisotopic (exact) mass is 265 g/mol. The van der Waals surface area contributed by atoms with E-state index < -0.39 is 5.97 Å². The summed E-state index contributed by atoms with van der Waals surface area (Å²) in [5, 5.41) is 9.17. The van der Waals surface area contributed by atoms with E-state index in [2.05, 4.69) is 15.0 Å². The molecule has 3 aromatic rings. The van der Waals surface area contributed by atoms with Gasteiger partial charge in [-0.15, -0.1) is 0 Å². The number of pyridine rings is 1. The number of rotatable bonds is 3. The van der Waals surface area contributed by atoms with E-state index in [0.29, 0.717) is 11.5 Å². The Morgan fingerprint density at radius 2 is 1.85 bits per heavy atom. The molecule has 0 atom stereocenters. The Bertz CT molecular complexity index is 751. The number of H-pyrrole nitrogens is 1. The van der Waals surface area contributed by atoms with Gasteiger partial charge in [0.2, 0.25) is 0 Å². The molecule has 2 heterocycles. The first-order chi connectivity index (χ1) is 9.75. The molecule has 0 aliphatic heterocycles. The first kappa shape index (κ1) is 12.1. The van der Waals surface area contributed by atoms with Crippen molar-refractivity contribution >= 4 is 5.97 Å². The van der Waals surface area contributed by atoms with Crippen molar-refractivity contribution in [2.24, 2.45) is 0 Å². The molecule has 1 aromatic carbocycles. The molecule has 0 aliphatic rings. The zero-order valence-electron chi connectivity index (χ0n) is 10.4. The minimum absolute atomic E-state index is 0.126. The van der Waals surface area contributed by atoms with E-state index in [1.807, 2.05) is 30.3 Å². The van der Waals surface area contributed by atoms with Crippen LogP contribution < -0.4 is 0 Å². The van der Waals surface area contributed by atoms with E-state index in [1.54, 1.807) is 18.5 Å². The van der Waals surface area contributed by atoms with Crippen LogP contribution in [0.2, 0.25) is 0 Å². The van der Waals surface area contributed by atoms with Gasteiger partial charge in [-0.05, 0) is 17.7 Å². The van der Waals surface area contributed by atoms with Gasteiger partial charge in [0, 0.05) is 6.20 Å². The van der Waals surface area contributed by atoms with Crippen molar-refractivity contribution in [2.75, 3.05) is 0 Å². The standard InChI is InChI=1S/C15H11N3O2/c19-15(20)11-7-4-8-16-13(11)14-17-9-12(18-14)10-5-2-1-3-6-10/h1-9H,(H,17,18)(H,19,20). The number of carboxylic acid groups (broad SMARTS) is 1. The van der Waals surface area contributed by atoms with Crippen LogP contribution in [0.3, 0.4) is 0 Å². The van der Waals surface area contributed by atoms with Crippen LogP contribution in [0, 0.1) is 0 Å². The van der Waals surface area contributed by atoms with Crippen molar-refractivity contribution in [3.8, 4) is 22.8 Å². The molecule has 2 N–H and O–H groups in total. The highest BCUT2D eigenvalue weighted by atomic mass is 16.4. The molecule has 0 radical (unpaired) electrons. The summed E-state index contributed by atoms with van der Waals surface area (Å²) in [6, 6.07) is 12.8. The summed E-state index contributed by atoms with van der Waals surface area (Å²) >= 11 is 0. The number of nitrogens with zero attached hydrogens (tertiary/aromatic N) is 2. The van der Waals surface area contributed by atoms with Crippen LogP contribution in [-0.2, 0) is 0 Å². The molecule has 5 heteroatoms. The number of hydrogen-bond donors (Lipinski definition) is 2. The molecular weight excluding hydrogens is 254 g/mol. The fraction of sp³-hybridized carbons (Fsp3) is 0. The Balaban J connectivity index is 2.05. The van der Waals surface area contributed by atoms with Gasteiger partial charge in [0.05, 0.1) is 17.5 Å². The van der Waals surface area contributed by atoms with Crippen LogP contribution in [-0.4, -0.2) is 26.0 Å². The number of imidazole rings is 1. The zero-order chi connectivity index (χ0) is 13.9. The third kappa shape index (κ3) is 2.16. The Morgan fingerprint density at radius 3 is 2.60 bits per heavy atom. The second-order valence-corrected chi connectivity index (χ2v) is 4.22. The van der Waals surface area contributed by atoms with Crippen molar-refractivity contribution < 1.29 is 9.90 Å². The summed E-state index contributed by atoms with van der Waals surface area (Å²) in [7, 11) is 0. The molecule has 3 rings (SSSR count). The highest BCUT2D eigenvalue weighted by Crippen LogP contribution is 2.22. The summed E-state index contributed by atoms with van der Waals surface area (Å²) in [6.07, 6.45) is 3.22. The molecule has 0 spiro atoms. The van der Waals surface area contributed by atoms with Crippen LogP contribution in [0.15, 0.2) is 54.9 Å². The fourth-order valence-corrected chi connectivity index (χ4v) is 1.97. The van der Waals surface area contributed by atoms with Crippen LogP contribution >= 0.6 is 0 Å². The summed E-state index contributed by atoms with van der Waals surface area (Å²) in [5.41, 5.74) is 2.27. The van der Waals surface area contributed by atoms with Gasteiger partial charge in [-0.1, -0.05) is 30.3 Å². The SMILES string of the molecule is O=C(O)c1cccnc1-c1ncc(-c2ccccc2)[nH]1. The maximum absolute atomic E-state index is 11.2. The van der Waals surface area contributed by atoms with E-state index in [4.69, 9.17) is 5.11 Å². The van der Waals surface area contributed by atoms with E-state index in [-0.39, 0.29) is 5.56 Å². The van der Waals surface area contributed by atoms with Gasteiger partial charge in [0.25, 0.3) is 0 Å². The molecule has 0 saturated carbocycles. The molecule has 2 aromatic heterocycles. The molecule has 0 saturated heterocycles. The molecule has 0 bridgehead atoms. The van der Waals surface area contributed by atoms with E-state index >= 15 is 0 Å². The first-order valence-corrected chi connectivity index (χ1v) is 6.05. The van der Waals surface area contributed by atoms with Crippen LogP contribution in [0.1, 0.15) is 10.4 Å². The lowest BCUT2D eigenvalue weighted by Crippen LogP contribution is -2.01. The summed E-state index contributed by atoms with van der Waals surface area (Å²) < 4.78 is 0. The highest BCUT2D eigenvalue weighted by Gasteiger charge is 2.15. The Kier molecular flexibility index (Phi) is 3.01. The molecular formula is C15H11N3O2. The van der Waals surface area contributed by atoms with Gasteiger partial charge in [-0.2, -0.15) is 0 Å². The van der Waals surface area contributed by atoms with Crippen molar-refractivity contribution in [3.63, 3.8) is 0 Å². The van der Waals surface area contributed by atoms with Gasteiger partial charge >= 0.3 is 5.97 Å². The number of benzene rings is 1. The minimum atomic E-state index is -1.02. The maximum atomic E-state index is 11.2. The number of carboxylic acids is 1. The molecule has 0 amide bonds. The van der Waals surface area contributed by atoms with Crippen LogP contribution in [0.25, 0.3) is 22.8 Å². The second kappa shape index (κ2) is 4.97. The van der Waals surface area contributed by atoms with Crippen molar-refractivity contribution in [1.29, 1.82) is 0 Å². The molecule has 20 heavy (non-hydrogen) atoms. The lowest BCUT2D eigenvalue weighted by Gasteiger charge is -2.01. The van der Waals surface area contributed by atoms with Crippen molar-refractivity contribution in [1.82, 2.24) is 15.0 Å². The second-order valence-electron chi connectivity index (χ2n) is 4.22. The first-order valence-electron chi connectivity index (χ1n) is 6.05. The lowest BCUT2D eigenvalue weighted by atomic mass is 10.2. The number of nitrogens with one attached hydrogen (secondary N) is 1. The lowest BCUT2D eigenvalue weighted by molar-refractivity contribution is 0.0697. The van der Waals surface area contributed by atoms with Crippen molar-refractivity contribution in [2.45, 2.75) is 0 Å². The Hall–Kier alpha value is -2.95. The van der Waals surface area contributed by atoms with E-state index in [0.717, 1.165) is 11.3 Å². The smallest absolute Gasteiger partial charge is 0.338 e. The van der Waals surface area contributed by atoms with E-state index in [1.165, 1.54) is 6.07 Å². The van der Waals surface area contributed by atoms with Gasteiger partial charge in [0.1, 0.15) is 5.69 Å². The Labute approximate surface area is 115 Å². The fourth-order valence-electron chi connectivity index (χ4n) is 1.97. The zero-order valence-corrected chi connectivity index (χ0v) is 10.4. The predicted octanol–water partition coefficient (Wildman–Crippen LogP) is 2.84. The highest BCUT2D eigenvalue weighted by molar-refractivity contribution is 5.93. The number of carbonyl (C=O) groups is 1. The number of aromatic nitrogens is 3. The summed E-state index contributed by atoms with van der Waals surface area (Å²) in [6.45, 7) is 0. The average Bonchev–Trinajstić information content (AvgIpc) is 2.98. The molecule has 0 aliphatic carbocycles. The molecule has 5 nitrogen and oxygen atoms in total. The van der Waals surface area contributed by atoms with Gasteiger partial charge in [0.15, 0.2) is 5.82 Å². The third-order valence-corrected chi connectivity index (χ3v) is 2.92. The van der Waals surface area contributed by atoms with Crippen LogP contribution in [0.4, 0.5) is 0 Å². The van der Waals surface area contributed by atoms with Gasteiger partial charge in [-0.25, -0.2) is 9.78 Å². The molecule has 0 fully saturated rings. The summed E-state index contributed by atoms with van der Waals surface area (Å²) in [4.78, 5) is 22.6. The summed E-state index contributed by atoms with van der Waals surface area (Å²) in [5.74, 6) is -0.576. The largest absolute Gasteiger partial charge is 0.478 e. The van der Waals surface area contributed by atoms with Crippen LogP contribution in [0.5, 0.6) is 0 Å². The number of aromatic amines is 1. The number of aromatic carboxylic acids is 1. The topological polar surface area (TPSA) is 78.9 Å². The molecule has 0 unspecified atom stereocenters. The Morgan fingerprint density at radius 1 is 1.05 bits per heavy atom.